The van der Waals surface area contributed by atoms with Gasteiger partial charge < -0.3 is 9.73 Å². The normalized spacial score (nSPS) is 16.6. The molecular weight excluding hydrogens is 288 g/mol. The molecule has 0 amide bonds. The molecule has 0 bridgehead atoms. The van der Waals surface area contributed by atoms with Crippen molar-refractivity contribution in [1.29, 1.82) is 0 Å². The first-order valence-electron chi connectivity index (χ1n) is 8.32. The number of nitrogens with zero attached hydrogens (tertiary/aromatic N) is 1. The van der Waals surface area contributed by atoms with E-state index < -0.39 is 0 Å². The molecule has 2 aromatic rings. The molecule has 23 heavy (non-hydrogen) atoms. The predicted octanol–water partition coefficient (Wildman–Crippen LogP) is 3.20. The molecule has 3 rings (SSSR count). The fourth-order valence-corrected chi connectivity index (χ4v) is 3.11. The van der Waals surface area contributed by atoms with Crippen LogP contribution in [0.25, 0.3) is 0 Å². The second-order valence-corrected chi connectivity index (χ2v) is 6.19. The molecular formula is C19H24N2O2. The molecule has 1 aromatic heterocycles. The average molecular weight is 312 g/mol. The van der Waals surface area contributed by atoms with Crippen molar-refractivity contribution >= 4 is 5.78 Å². The van der Waals surface area contributed by atoms with E-state index >= 15 is 0 Å². The molecule has 1 saturated heterocycles. The van der Waals surface area contributed by atoms with Crippen molar-refractivity contribution < 1.29 is 9.21 Å². The number of carbonyl (C=O) groups is 1. The standard InChI is InChI=1S/C19H24N2O2/c1-15-6-8-16(9-7-15)18(22)14-20-13-17(19-5-4-12-23-19)21-10-2-3-11-21/h4-9,12,17,20H,2-3,10-11,13-14H2,1H3. The van der Waals surface area contributed by atoms with Gasteiger partial charge in [-0.25, -0.2) is 0 Å². The first kappa shape index (κ1) is 16.0. The van der Waals surface area contributed by atoms with Gasteiger partial charge in [0.05, 0.1) is 18.8 Å². The van der Waals surface area contributed by atoms with E-state index in [-0.39, 0.29) is 11.8 Å². The number of hydrogen-bond donors (Lipinski definition) is 1. The Labute approximate surface area is 137 Å². The van der Waals surface area contributed by atoms with Crippen LogP contribution in [0.4, 0.5) is 0 Å². The van der Waals surface area contributed by atoms with E-state index in [2.05, 4.69) is 10.2 Å². The molecule has 122 valence electrons. The Bertz CT molecular complexity index is 613. The monoisotopic (exact) mass is 312 g/mol. The minimum atomic E-state index is 0.129. The number of aryl methyl sites for hydroxylation is 1. The largest absolute Gasteiger partial charge is 0.468 e. The zero-order valence-electron chi connectivity index (χ0n) is 13.6. The smallest absolute Gasteiger partial charge is 0.176 e. The van der Waals surface area contributed by atoms with Crippen LogP contribution in [0.1, 0.15) is 40.6 Å². The lowest BCUT2D eigenvalue weighted by Crippen LogP contribution is -2.36. The van der Waals surface area contributed by atoms with Crippen molar-refractivity contribution in [3.63, 3.8) is 0 Å². The zero-order valence-corrected chi connectivity index (χ0v) is 13.6. The predicted molar refractivity (Wildman–Crippen MR) is 90.6 cm³/mol. The summed E-state index contributed by atoms with van der Waals surface area (Å²) >= 11 is 0. The Morgan fingerprint density at radius 1 is 1.22 bits per heavy atom. The van der Waals surface area contributed by atoms with E-state index in [0.29, 0.717) is 6.54 Å². The quantitative estimate of drug-likeness (QED) is 0.798. The summed E-state index contributed by atoms with van der Waals surface area (Å²) < 4.78 is 5.60. The van der Waals surface area contributed by atoms with Crippen molar-refractivity contribution in [1.82, 2.24) is 10.2 Å². The van der Waals surface area contributed by atoms with Crippen molar-refractivity contribution in [2.24, 2.45) is 0 Å². The number of rotatable bonds is 7. The summed E-state index contributed by atoms with van der Waals surface area (Å²) in [6.45, 7) is 5.30. The highest BCUT2D eigenvalue weighted by atomic mass is 16.3. The van der Waals surface area contributed by atoms with Crippen molar-refractivity contribution in [3.8, 4) is 0 Å². The maximum Gasteiger partial charge on any atom is 0.176 e. The van der Waals surface area contributed by atoms with Crippen LogP contribution in [0.15, 0.2) is 47.1 Å². The van der Waals surface area contributed by atoms with Crippen LogP contribution < -0.4 is 5.32 Å². The molecule has 1 atom stereocenters. The Morgan fingerprint density at radius 3 is 2.61 bits per heavy atom. The van der Waals surface area contributed by atoms with Gasteiger partial charge in [-0.05, 0) is 45.0 Å². The minimum Gasteiger partial charge on any atom is -0.468 e. The van der Waals surface area contributed by atoms with Gasteiger partial charge >= 0.3 is 0 Å². The Balaban J connectivity index is 1.56. The third-order valence-electron chi connectivity index (χ3n) is 4.45. The van der Waals surface area contributed by atoms with E-state index in [1.54, 1.807) is 6.26 Å². The summed E-state index contributed by atoms with van der Waals surface area (Å²) in [5.41, 5.74) is 1.93. The van der Waals surface area contributed by atoms with Crippen LogP contribution in [0.3, 0.4) is 0 Å². The summed E-state index contributed by atoms with van der Waals surface area (Å²) in [4.78, 5) is 14.7. The van der Waals surface area contributed by atoms with Gasteiger partial charge in [0, 0.05) is 12.1 Å². The van der Waals surface area contributed by atoms with E-state index in [1.165, 1.54) is 18.4 Å². The molecule has 1 aliphatic rings. The number of nitrogens with one attached hydrogen (secondary N) is 1. The third-order valence-corrected chi connectivity index (χ3v) is 4.45. The molecule has 1 aromatic carbocycles. The zero-order chi connectivity index (χ0) is 16.1. The van der Waals surface area contributed by atoms with Crippen LogP contribution in [0, 0.1) is 6.92 Å². The molecule has 0 radical (unpaired) electrons. The van der Waals surface area contributed by atoms with Gasteiger partial charge in [0.15, 0.2) is 5.78 Å². The van der Waals surface area contributed by atoms with Crippen LogP contribution >= 0.6 is 0 Å². The number of carbonyl (C=O) groups excluding carboxylic acids is 1. The summed E-state index contributed by atoms with van der Waals surface area (Å²) in [7, 11) is 0. The highest BCUT2D eigenvalue weighted by molar-refractivity contribution is 5.97. The van der Waals surface area contributed by atoms with Crippen molar-refractivity contribution in [3.05, 3.63) is 59.5 Å². The molecule has 1 unspecified atom stereocenters. The van der Waals surface area contributed by atoms with Crippen LogP contribution in [0.2, 0.25) is 0 Å². The van der Waals surface area contributed by atoms with E-state index in [9.17, 15) is 4.79 Å². The maximum atomic E-state index is 12.2. The van der Waals surface area contributed by atoms with E-state index in [0.717, 1.165) is 31.0 Å². The molecule has 0 spiro atoms. The number of Topliss-reactive ketones (excluding diaryl/α,β-unsaturated/α-hetero) is 1. The molecule has 1 N–H and O–H groups in total. The maximum absolute atomic E-state index is 12.2. The molecule has 0 saturated carbocycles. The molecule has 2 heterocycles. The number of likely N-dealkylation sites (tertiary alicyclic amines) is 1. The van der Waals surface area contributed by atoms with E-state index in [4.69, 9.17) is 4.42 Å². The third kappa shape index (κ3) is 4.09. The molecule has 4 heteroatoms. The average Bonchev–Trinajstić information content (AvgIpc) is 3.26. The van der Waals surface area contributed by atoms with Gasteiger partial charge in [-0.2, -0.15) is 0 Å². The lowest BCUT2D eigenvalue weighted by atomic mass is 10.1. The first-order chi connectivity index (χ1) is 11.2. The van der Waals surface area contributed by atoms with E-state index in [1.807, 2.05) is 43.3 Å². The Kier molecular flexibility index (Phi) is 5.26. The van der Waals surface area contributed by atoms with Crippen LogP contribution in [-0.4, -0.2) is 36.9 Å². The number of benzene rings is 1. The molecule has 4 nitrogen and oxygen atoms in total. The molecule has 1 fully saturated rings. The van der Waals surface area contributed by atoms with Gasteiger partial charge in [-0.15, -0.1) is 0 Å². The van der Waals surface area contributed by atoms with Gasteiger partial charge in [-0.3, -0.25) is 9.69 Å². The highest BCUT2D eigenvalue weighted by Crippen LogP contribution is 2.24. The minimum absolute atomic E-state index is 0.129. The summed E-state index contributed by atoms with van der Waals surface area (Å²) in [5.74, 6) is 1.10. The fraction of sp³-hybridized carbons (Fsp3) is 0.421. The van der Waals surface area contributed by atoms with Gasteiger partial charge in [0.1, 0.15) is 5.76 Å². The summed E-state index contributed by atoms with van der Waals surface area (Å²) in [6, 6.07) is 11.9. The van der Waals surface area contributed by atoms with Gasteiger partial charge in [0.2, 0.25) is 0 Å². The van der Waals surface area contributed by atoms with Crippen molar-refractivity contribution in [2.75, 3.05) is 26.2 Å². The van der Waals surface area contributed by atoms with Gasteiger partial charge in [-0.1, -0.05) is 29.8 Å². The second kappa shape index (κ2) is 7.57. The second-order valence-electron chi connectivity index (χ2n) is 6.19. The summed E-state index contributed by atoms with van der Waals surface area (Å²) in [6.07, 6.45) is 4.19. The lowest BCUT2D eigenvalue weighted by molar-refractivity contribution is 0.0986. The van der Waals surface area contributed by atoms with Crippen LogP contribution in [0.5, 0.6) is 0 Å². The lowest BCUT2D eigenvalue weighted by Gasteiger charge is -2.26. The number of furan rings is 1. The van der Waals surface area contributed by atoms with Crippen molar-refractivity contribution in [2.45, 2.75) is 25.8 Å². The first-order valence-corrected chi connectivity index (χ1v) is 8.32. The SMILES string of the molecule is Cc1ccc(C(=O)CNCC(c2ccco2)N2CCCC2)cc1. The highest BCUT2D eigenvalue weighted by Gasteiger charge is 2.25. The molecule has 1 aliphatic heterocycles. The van der Waals surface area contributed by atoms with Crippen LogP contribution in [-0.2, 0) is 0 Å². The summed E-state index contributed by atoms with van der Waals surface area (Å²) in [5, 5.41) is 3.31. The Hall–Kier alpha value is -1.91. The number of hydrogen-bond acceptors (Lipinski definition) is 4. The number of ketones is 1. The Morgan fingerprint density at radius 2 is 1.96 bits per heavy atom. The topological polar surface area (TPSA) is 45.5 Å². The molecule has 0 aliphatic carbocycles. The fourth-order valence-electron chi connectivity index (χ4n) is 3.11. The van der Waals surface area contributed by atoms with Gasteiger partial charge in [0.25, 0.3) is 0 Å².